The monoisotopic (exact) mass is 308 g/mol. The van der Waals surface area contributed by atoms with Crippen LogP contribution in [0.4, 0.5) is 13.2 Å². The summed E-state index contributed by atoms with van der Waals surface area (Å²) in [6, 6.07) is 5.59. The highest BCUT2D eigenvalue weighted by molar-refractivity contribution is 9.09. The van der Waals surface area contributed by atoms with Gasteiger partial charge < -0.3 is 0 Å². The van der Waals surface area contributed by atoms with E-state index in [1.165, 1.54) is 12.1 Å². The van der Waals surface area contributed by atoms with Crippen molar-refractivity contribution in [2.45, 2.75) is 37.7 Å². The number of hydrogen-bond acceptors (Lipinski definition) is 0. The molecule has 0 heterocycles. The van der Waals surface area contributed by atoms with E-state index in [1.54, 1.807) is 6.07 Å². The summed E-state index contributed by atoms with van der Waals surface area (Å²) in [5.74, 6) is 0.360. The van der Waals surface area contributed by atoms with E-state index in [2.05, 4.69) is 22.9 Å². The summed E-state index contributed by atoms with van der Waals surface area (Å²) < 4.78 is 37.6. The largest absolute Gasteiger partial charge is 0.416 e. The van der Waals surface area contributed by atoms with Crippen LogP contribution in [0.2, 0.25) is 0 Å². The average Bonchev–Trinajstić information content (AvgIpc) is 2.24. The van der Waals surface area contributed by atoms with Crippen LogP contribution in [-0.4, -0.2) is 4.83 Å². The minimum atomic E-state index is -4.25. The van der Waals surface area contributed by atoms with Gasteiger partial charge in [-0.25, -0.2) is 0 Å². The Balaban J connectivity index is 2.85. The highest BCUT2D eigenvalue weighted by Gasteiger charge is 2.30. The fourth-order valence-electron chi connectivity index (χ4n) is 1.81. The molecule has 0 saturated heterocycles. The van der Waals surface area contributed by atoms with Crippen LogP contribution in [0.15, 0.2) is 24.3 Å². The molecule has 0 spiro atoms. The van der Waals surface area contributed by atoms with Gasteiger partial charge in [-0.05, 0) is 24.0 Å². The molecule has 0 aromatic heterocycles. The second kappa shape index (κ2) is 5.89. The maximum absolute atomic E-state index is 12.5. The molecule has 0 saturated carbocycles. The minimum Gasteiger partial charge on any atom is -0.166 e. The van der Waals surface area contributed by atoms with Gasteiger partial charge in [0.05, 0.1) is 5.56 Å². The predicted molar refractivity (Wildman–Crippen MR) is 67.3 cm³/mol. The quantitative estimate of drug-likeness (QED) is 0.682. The van der Waals surface area contributed by atoms with Crippen molar-refractivity contribution in [3.05, 3.63) is 35.4 Å². The molecule has 0 amide bonds. The van der Waals surface area contributed by atoms with Crippen molar-refractivity contribution in [2.24, 2.45) is 5.92 Å². The van der Waals surface area contributed by atoms with Gasteiger partial charge in [-0.3, -0.25) is 0 Å². The molecule has 1 aromatic carbocycles. The highest BCUT2D eigenvalue weighted by atomic mass is 79.9. The molecule has 4 heteroatoms. The smallest absolute Gasteiger partial charge is 0.166 e. The van der Waals surface area contributed by atoms with Gasteiger partial charge in [-0.2, -0.15) is 13.2 Å². The van der Waals surface area contributed by atoms with Gasteiger partial charge in [0.2, 0.25) is 0 Å². The van der Waals surface area contributed by atoms with Crippen molar-refractivity contribution in [3.8, 4) is 0 Å². The predicted octanol–water partition coefficient (Wildman–Crippen LogP) is 5.06. The van der Waals surface area contributed by atoms with Crippen molar-refractivity contribution in [3.63, 3.8) is 0 Å². The topological polar surface area (TPSA) is 0 Å². The molecular weight excluding hydrogens is 293 g/mol. The molecule has 0 aliphatic heterocycles. The maximum atomic E-state index is 12.5. The third-order valence-electron chi connectivity index (χ3n) is 2.93. The van der Waals surface area contributed by atoms with Crippen LogP contribution >= 0.6 is 15.9 Å². The van der Waals surface area contributed by atoms with Gasteiger partial charge in [-0.15, -0.1) is 0 Å². The van der Waals surface area contributed by atoms with Crippen LogP contribution in [0.5, 0.6) is 0 Å². The van der Waals surface area contributed by atoms with E-state index >= 15 is 0 Å². The summed E-state index contributed by atoms with van der Waals surface area (Å²) >= 11 is 3.49. The van der Waals surface area contributed by atoms with Crippen molar-refractivity contribution in [1.82, 2.24) is 0 Å². The lowest BCUT2D eigenvalue weighted by atomic mass is 9.93. The van der Waals surface area contributed by atoms with E-state index in [0.29, 0.717) is 17.2 Å². The second-order valence-electron chi connectivity index (χ2n) is 4.25. The maximum Gasteiger partial charge on any atom is 0.416 e. The molecule has 0 nitrogen and oxygen atoms in total. The van der Waals surface area contributed by atoms with Crippen LogP contribution in [-0.2, 0) is 12.6 Å². The van der Waals surface area contributed by atoms with E-state index < -0.39 is 11.7 Å². The van der Waals surface area contributed by atoms with E-state index in [9.17, 15) is 13.2 Å². The zero-order chi connectivity index (χ0) is 13.1. The Bertz CT molecular complexity index is 358. The summed E-state index contributed by atoms with van der Waals surface area (Å²) in [7, 11) is 0. The number of halogens is 4. The molecule has 17 heavy (non-hydrogen) atoms. The molecule has 96 valence electrons. The van der Waals surface area contributed by atoms with Crippen molar-refractivity contribution in [2.75, 3.05) is 0 Å². The van der Waals surface area contributed by atoms with Gasteiger partial charge in [0.15, 0.2) is 0 Å². The lowest BCUT2D eigenvalue weighted by molar-refractivity contribution is -0.137. The van der Waals surface area contributed by atoms with Crippen LogP contribution < -0.4 is 0 Å². The summed E-state index contributed by atoms with van der Waals surface area (Å²) in [5.41, 5.74) is 0.185. The van der Waals surface area contributed by atoms with E-state index in [0.717, 1.165) is 18.1 Å². The Morgan fingerprint density at radius 1 is 1.29 bits per heavy atom. The van der Waals surface area contributed by atoms with Crippen LogP contribution in [0.1, 0.15) is 31.4 Å². The molecule has 0 bridgehead atoms. The molecule has 1 rings (SSSR count). The Morgan fingerprint density at radius 3 is 2.41 bits per heavy atom. The molecule has 0 N–H and O–H groups in total. The van der Waals surface area contributed by atoms with Crippen LogP contribution in [0, 0.1) is 5.92 Å². The zero-order valence-electron chi connectivity index (χ0n) is 9.89. The average molecular weight is 309 g/mol. The Hall–Kier alpha value is -0.510. The van der Waals surface area contributed by atoms with Crippen molar-refractivity contribution < 1.29 is 13.2 Å². The van der Waals surface area contributed by atoms with E-state index in [-0.39, 0.29) is 0 Å². The van der Waals surface area contributed by atoms with Gasteiger partial charge in [-0.1, -0.05) is 54.4 Å². The van der Waals surface area contributed by atoms with Gasteiger partial charge in [0.25, 0.3) is 0 Å². The van der Waals surface area contributed by atoms with Crippen LogP contribution in [0.25, 0.3) is 0 Å². The van der Waals surface area contributed by atoms with Crippen molar-refractivity contribution in [1.29, 1.82) is 0 Å². The second-order valence-corrected chi connectivity index (χ2v) is 5.69. The molecule has 0 aliphatic carbocycles. The summed E-state index contributed by atoms with van der Waals surface area (Å²) in [5, 5.41) is 0. The summed E-state index contributed by atoms with van der Waals surface area (Å²) in [4.78, 5) is 0.307. The first-order chi connectivity index (χ1) is 7.84. The zero-order valence-corrected chi connectivity index (χ0v) is 11.5. The van der Waals surface area contributed by atoms with Gasteiger partial charge in [0, 0.05) is 4.83 Å². The normalized spacial score (nSPS) is 15.6. The number of benzene rings is 1. The fourth-order valence-corrected chi connectivity index (χ4v) is 2.37. The molecular formula is C13H16BrF3. The Morgan fingerprint density at radius 2 is 1.94 bits per heavy atom. The molecule has 0 radical (unpaired) electrons. The number of alkyl halides is 4. The third-order valence-corrected chi connectivity index (χ3v) is 3.67. The first kappa shape index (κ1) is 14.6. The molecule has 0 aliphatic rings. The van der Waals surface area contributed by atoms with Crippen LogP contribution in [0.3, 0.4) is 0 Å². The Labute approximate surface area is 108 Å². The highest BCUT2D eigenvalue weighted by Crippen LogP contribution is 2.30. The third kappa shape index (κ3) is 4.34. The SMILES string of the molecule is CCC(Cc1cccc(C(F)(F)F)c1)C(C)Br. The van der Waals surface area contributed by atoms with Crippen molar-refractivity contribution >= 4 is 15.9 Å². The number of hydrogen-bond donors (Lipinski definition) is 0. The lowest BCUT2D eigenvalue weighted by Crippen LogP contribution is -2.13. The summed E-state index contributed by atoms with van der Waals surface area (Å²) in [6.45, 7) is 4.08. The fraction of sp³-hybridized carbons (Fsp3) is 0.538. The minimum absolute atomic E-state index is 0.307. The Kier molecular flexibility index (Phi) is 5.04. The molecule has 0 fully saturated rings. The van der Waals surface area contributed by atoms with E-state index in [1.807, 2.05) is 6.92 Å². The van der Waals surface area contributed by atoms with Gasteiger partial charge >= 0.3 is 6.18 Å². The first-order valence-electron chi connectivity index (χ1n) is 5.64. The molecule has 2 atom stereocenters. The molecule has 2 unspecified atom stereocenters. The van der Waals surface area contributed by atoms with E-state index in [4.69, 9.17) is 0 Å². The number of rotatable bonds is 4. The lowest BCUT2D eigenvalue weighted by Gasteiger charge is -2.18. The standard InChI is InChI=1S/C13H16BrF3/c1-3-11(9(2)14)7-10-5-4-6-12(8-10)13(15,16)17/h4-6,8-9,11H,3,7H2,1-2H3. The summed E-state index contributed by atoms with van der Waals surface area (Å²) in [6.07, 6.45) is -2.63. The van der Waals surface area contributed by atoms with Gasteiger partial charge in [0.1, 0.15) is 0 Å². The molecule has 1 aromatic rings. The first-order valence-corrected chi connectivity index (χ1v) is 6.56.